The van der Waals surface area contributed by atoms with Gasteiger partial charge in [0.15, 0.2) is 52.4 Å². The fourth-order valence-corrected chi connectivity index (χ4v) is 7.75. The smallest absolute Gasteiger partial charge is 0.280 e. The van der Waals surface area contributed by atoms with Crippen molar-refractivity contribution in [2.75, 3.05) is 14.1 Å². The van der Waals surface area contributed by atoms with E-state index in [0.717, 1.165) is 12.1 Å². The van der Waals surface area contributed by atoms with Crippen molar-refractivity contribution in [1.82, 2.24) is 0 Å². The molecule has 0 amide bonds. The van der Waals surface area contributed by atoms with E-state index in [1.807, 2.05) is 6.07 Å². The average Bonchev–Trinajstić information content (AvgIpc) is 3.16. The molecule has 0 aliphatic rings. The maximum Gasteiger partial charge on any atom is 0.280 e. The van der Waals surface area contributed by atoms with Gasteiger partial charge in [-0.15, -0.1) is 38.5 Å². The zero-order valence-electron chi connectivity index (χ0n) is 27.4. The zero-order valence-corrected chi connectivity index (χ0v) is 29.9. The number of halogens is 17. The van der Waals surface area contributed by atoms with E-state index in [4.69, 9.17) is 22.2 Å². The highest BCUT2D eigenvalue weighted by Crippen LogP contribution is 2.28. The Labute approximate surface area is 306 Å². The van der Waals surface area contributed by atoms with Crippen LogP contribution in [-0.4, -0.2) is 26.9 Å². The molecule has 1 nitrogen and oxygen atoms in total. The quantitative estimate of drug-likeness (QED) is 0.0609. The van der Waals surface area contributed by atoms with Crippen LogP contribution in [0.25, 0.3) is 0 Å². The Hall–Kier alpha value is -4.13. The van der Waals surface area contributed by atoms with Crippen molar-refractivity contribution in [3.8, 4) is 0 Å². The SMILES string of the molecule is CC[Si](Cl)(Cl)c1ccc([B-](c2c(F)c(F)c(F)c(F)c2F)(c2c(F)c(F)c(F)c(F)c2F)c2c(F)c(F)c(F)c(F)c2F)cc1.C[NH+](C)c1ccccc1. The van der Waals surface area contributed by atoms with Gasteiger partial charge in [-0.05, 0) is 23.4 Å². The van der Waals surface area contributed by atoms with Crippen molar-refractivity contribution < 1.29 is 70.8 Å². The summed E-state index contributed by atoms with van der Waals surface area (Å²) < 4.78 is 224. The molecule has 5 rings (SSSR count). The van der Waals surface area contributed by atoms with Gasteiger partial charge in [0.2, 0.25) is 0 Å². The van der Waals surface area contributed by atoms with Crippen molar-refractivity contribution in [3.63, 3.8) is 0 Å². The average molecular weight is 838 g/mol. The van der Waals surface area contributed by atoms with Crippen LogP contribution in [0.1, 0.15) is 6.92 Å². The highest BCUT2D eigenvalue weighted by molar-refractivity contribution is 7.51. The van der Waals surface area contributed by atoms with Crippen LogP contribution in [0.15, 0.2) is 54.6 Å². The summed E-state index contributed by atoms with van der Waals surface area (Å²) in [5.41, 5.74) is -8.30. The van der Waals surface area contributed by atoms with Gasteiger partial charge in [-0.25, -0.2) is 65.9 Å². The summed E-state index contributed by atoms with van der Waals surface area (Å²) in [5, 5.41) is -0.103. The normalized spacial score (nSPS) is 11.9. The number of hydrogen-bond donors (Lipinski definition) is 1. The summed E-state index contributed by atoms with van der Waals surface area (Å²) in [6.07, 6.45) is -5.85. The van der Waals surface area contributed by atoms with Gasteiger partial charge >= 0.3 is 0 Å². The molecule has 5 aromatic carbocycles. The number of nitrogens with one attached hydrogen (secondary N) is 1. The van der Waals surface area contributed by atoms with Gasteiger partial charge in [0.05, 0.1) is 14.1 Å². The maximum atomic E-state index is 15.6. The molecule has 0 aliphatic heterocycles. The van der Waals surface area contributed by atoms with E-state index >= 15 is 26.3 Å². The lowest BCUT2D eigenvalue weighted by molar-refractivity contribution is -0.786. The standard InChI is InChI=1S/C26H9BCl2F15Si.C8H11N/c1-2-45(28,29)8-5-3-7(4-6-8)27(9-12(30)18(36)24(42)19(37)13(9)31,10-14(32)20(38)25(43)21(39)15(10)33)11-16(34)22(40)26(44)23(41)17(11)35;1-9(2)8-6-4-3-5-7-8/h3-6H,2H2,1H3;3-7H,1-2H3/q-1;/p+1. The number of hydrogen-bond acceptors (Lipinski definition) is 0. The zero-order chi connectivity index (χ0) is 40.8. The Morgan fingerprint density at radius 2 is 0.722 bits per heavy atom. The highest BCUT2D eigenvalue weighted by Gasteiger charge is 2.49. The highest BCUT2D eigenvalue weighted by atomic mass is 35.7. The molecule has 0 atom stereocenters. The first-order chi connectivity index (χ1) is 25.1. The van der Waals surface area contributed by atoms with Crippen LogP contribution >= 0.6 is 22.2 Å². The van der Waals surface area contributed by atoms with Crippen LogP contribution in [0.2, 0.25) is 6.04 Å². The number of para-hydroxylation sites is 1. The first kappa shape index (κ1) is 42.6. The minimum atomic E-state index is -5.85. The molecule has 0 heterocycles. The first-order valence-electron chi connectivity index (χ1n) is 15.2. The van der Waals surface area contributed by atoms with Crippen LogP contribution in [-0.2, 0) is 0 Å². The largest absolute Gasteiger partial charge is 0.307 e. The molecule has 54 heavy (non-hydrogen) atoms. The fourth-order valence-electron chi connectivity index (χ4n) is 5.93. The van der Waals surface area contributed by atoms with E-state index in [-0.39, 0.29) is 11.2 Å². The van der Waals surface area contributed by atoms with Gasteiger partial charge in [-0.3, -0.25) is 0 Å². The Bertz CT molecular complexity index is 1990. The molecule has 0 aliphatic carbocycles. The van der Waals surface area contributed by atoms with Gasteiger partial charge in [0.1, 0.15) is 46.7 Å². The van der Waals surface area contributed by atoms with E-state index in [2.05, 4.69) is 38.4 Å². The number of benzene rings is 5. The number of rotatable bonds is 7. The third-order valence-electron chi connectivity index (χ3n) is 8.66. The van der Waals surface area contributed by atoms with Crippen molar-refractivity contribution in [3.05, 3.63) is 142 Å². The molecule has 1 N–H and O–H groups in total. The third-order valence-corrected chi connectivity index (χ3v) is 13.6. The monoisotopic (exact) mass is 837 g/mol. The predicted molar refractivity (Wildman–Crippen MR) is 176 cm³/mol. The van der Waals surface area contributed by atoms with Crippen molar-refractivity contribution in [2.45, 2.75) is 13.0 Å². The Morgan fingerprint density at radius 1 is 0.444 bits per heavy atom. The second-order valence-corrected chi connectivity index (χ2v) is 19.0. The molecule has 5 aromatic rings. The lowest BCUT2D eigenvalue weighted by Crippen LogP contribution is -3.00. The van der Waals surface area contributed by atoms with Crippen molar-refractivity contribution in [2.24, 2.45) is 0 Å². The minimum absolute atomic E-state index is 0.00132. The molecule has 0 bridgehead atoms. The lowest BCUT2D eigenvalue weighted by Gasteiger charge is -2.44. The summed E-state index contributed by atoms with van der Waals surface area (Å²) in [5.74, 6) is -46.0. The second kappa shape index (κ2) is 15.9. The third kappa shape index (κ3) is 6.97. The van der Waals surface area contributed by atoms with Crippen LogP contribution in [0, 0.1) is 87.3 Å². The molecule has 0 radical (unpaired) electrons. The van der Waals surface area contributed by atoms with E-state index < -0.39 is 122 Å². The molecule has 0 saturated heterocycles. The van der Waals surface area contributed by atoms with E-state index in [0.29, 0.717) is 12.1 Å². The van der Waals surface area contributed by atoms with Crippen LogP contribution in [0.4, 0.5) is 71.5 Å². The molecule has 288 valence electrons. The van der Waals surface area contributed by atoms with Crippen LogP contribution in [0.5, 0.6) is 0 Å². The van der Waals surface area contributed by atoms with E-state index in [1.54, 1.807) is 0 Å². The summed E-state index contributed by atoms with van der Waals surface area (Å²) >= 11 is 12.4. The van der Waals surface area contributed by atoms with Crippen LogP contribution in [0.3, 0.4) is 0 Å². The summed E-state index contributed by atoms with van der Waals surface area (Å²) in [6, 6.07) is 12.6. The first-order valence-corrected chi connectivity index (χ1v) is 19.4. The molecular weight excluding hydrogens is 817 g/mol. The molecule has 0 unspecified atom stereocenters. The molecule has 0 fully saturated rings. The van der Waals surface area contributed by atoms with Crippen LogP contribution < -0.4 is 31.9 Å². The van der Waals surface area contributed by atoms with E-state index in [1.165, 1.54) is 17.5 Å². The molecule has 0 aromatic heterocycles. The topological polar surface area (TPSA) is 4.44 Å². The lowest BCUT2D eigenvalue weighted by atomic mass is 9.12. The van der Waals surface area contributed by atoms with Gasteiger partial charge in [0.25, 0.3) is 6.69 Å². The molecule has 0 saturated carbocycles. The summed E-state index contributed by atoms with van der Waals surface area (Å²) in [7, 11) is 4.24. The maximum absolute atomic E-state index is 15.6. The predicted octanol–water partition coefficient (Wildman–Crippen LogP) is 6.76. The van der Waals surface area contributed by atoms with Gasteiger partial charge < -0.3 is 4.90 Å². The van der Waals surface area contributed by atoms with Gasteiger partial charge in [-0.1, -0.05) is 49.4 Å². The summed E-state index contributed by atoms with van der Waals surface area (Å²) in [6.45, 7) is -2.07. The van der Waals surface area contributed by atoms with Crippen molar-refractivity contribution >= 4 is 67.7 Å². The molecule has 20 heteroatoms. The second-order valence-electron chi connectivity index (χ2n) is 11.9. The Balaban J connectivity index is 0.000000631. The van der Waals surface area contributed by atoms with Gasteiger partial charge in [-0.2, -0.15) is 5.46 Å². The minimum Gasteiger partial charge on any atom is -0.307 e. The van der Waals surface area contributed by atoms with E-state index in [9.17, 15) is 39.5 Å². The number of quaternary nitrogens is 1. The van der Waals surface area contributed by atoms with Crippen molar-refractivity contribution in [1.29, 1.82) is 0 Å². The Morgan fingerprint density at radius 3 is 0.963 bits per heavy atom. The summed E-state index contributed by atoms with van der Waals surface area (Å²) in [4.78, 5) is 1.37. The van der Waals surface area contributed by atoms with Gasteiger partial charge in [0, 0.05) is 0 Å². The molecular formula is C34H21BCl2F15NSi. The molecule has 0 spiro atoms. The Kier molecular flexibility index (Phi) is 12.6. The fraction of sp³-hybridized carbons (Fsp3) is 0.118.